The van der Waals surface area contributed by atoms with Crippen molar-refractivity contribution in [2.75, 3.05) is 32.1 Å². The van der Waals surface area contributed by atoms with Gasteiger partial charge in [-0.3, -0.25) is 14.5 Å². The zero-order valence-corrected chi connectivity index (χ0v) is 18.7. The van der Waals surface area contributed by atoms with Crippen LogP contribution in [0.1, 0.15) is 16.7 Å². The number of carbonyl (C=O) groups excluding carboxylic acids is 2. The first-order valence-electron chi connectivity index (χ1n) is 10.9. The van der Waals surface area contributed by atoms with Crippen LogP contribution in [0.15, 0.2) is 48.5 Å². The number of halogens is 1. The van der Waals surface area contributed by atoms with Gasteiger partial charge in [0.1, 0.15) is 11.9 Å². The maximum atomic E-state index is 13.9. The lowest BCUT2D eigenvalue weighted by molar-refractivity contribution is -0.128. The van der Waals surface area contributed by atoms with Gasteiger partial charge in [-0.15, -0.1) is 11.8 Å². The molecule has 0 spiro atoms. The van der Waals surface area contributed by atoms with Crippen LogP contribution in [-0.4, -0.2) is 60.1 Å². The summed E-state index contributed by atoms with van der Waals surface area (Å²) in [6.45, 7) is 4.77. The van der Waals surface area contributed by atoms with E-state index in [9.17, 15) is 14.0 Å². The molecule has 0 aliphatic carbocycles. The molecule has 2 amide bonds. The number of hydrogen-bond acceptors (Lipinski definition) is 5. The van der Waals surface area contributed by atoms with E-state index in [0.717, 1.165) is 38.4 Å². The van der Waals surface area contributed by atoms with E-state index in [-0.39, 0.29) is 17.6 Å². The van der Waals surface area contributed by atoms with E-state index >= 15 is 0 Å². The predicted octanol–water partition coefficient (Wildman–Crippen LogP) is 2.12. The fraction of sp³-hybridized carbons (Fsp3) is 0.417. The molecule has 2 aromatic carbocycles. The van der Waals surface area contributed by atoms with Crippen LogP contribution in [0.25, 0.3) is 0 Å². The van der Waals surface area contributed by atoms with Gasteiger partial charge in [0.05, 0.1) is 18.5 Å². The molecule has 2 aromatic rings. The number of hydrogen-bond donors (Lipinski definition) is 2. The van der Waals surface area contributed by atoms with E-state index < -0.39 is 11.3 Å². The molecule has 0 unspecified atom stereocenters. The third-order valence-electron chi connectivity index (χ3n) is 5.75. The number of amides is 2. The van der Waals surface area contributed by atoms with E-state index in [1.165, 1.54) is 23.4 Å². The molecule has 8 heteroatoms. The summed E-state index contributed by atoms with van der Waals surface area (Å²) in [5.74, 6) is -0.267. The highest BCUT2D eigenvalue weighted by Crippen LogP contribution is 2.23. The van der Waals surface area contributed by atoms with Gasteiger partial charge in [-0.1, -0.05) is 42.5 Å². The standard InChI is InChI=1S/C24H28FN3O3S/c25-20-4-2-1-3-19(20)13-22-24(30)27-21(16-32-22)23(29)26-14-17-5-7-18(8-6-17)15-28-9-11-31-12-10-28/h1-8,21-22H,9-16H2,(H,26,29)(H,27,30)/t21-,22-/m0/s1. The molecule has 2 fully saturated rings. The van der Waals surface area contributed by atoms with E-state index in [4.69, 9.17) is 4.74 Å². The molecule has 32 heavy (non-hydrogen) atoms. The largest absolute Gasteiger partial charge is 0.379 e. The van der Waals surface area contributed by atoms with Crippen LogP contribution in [0.3, 0.4) is 0 Å². The second-order valence-electron chi connectivity index (χ2n) is 8.10. The number of ether oxygens (including phenoxy) is 1. The van der Waals surface area contributed by atoms with Crippen molar-refractivity contribution in [2.24, 2.45) is 0 Å². The third kappa shape index (κ3) is 6.09. The Morgan fingerprint density at radius 3 is 2.56 bits per heavy atom. The fourth-order valence-electron chi connectivity index (χ4n) is 3.84. The molecule has 2 N–H and O–H groups in total. The van der Waals surface area contributed by atoms with Gasteiger partial charge >= 0.3 is 0 Å². The van der Waals surface area contributed by atoms with Crippen LogP contribution >= 0.6 is 11.8 Å². The van der Waals surface area contributed by atoms with E-state index in [1.54, 1.807) is 18.2 Å². The molecule has 2 aliphatic rings. The highest BCUT2D eigenvalue weighted by atomic mass is 32.2. The molecule has 0 bridgehead atoms. The van der Waals surface area contributed by atoms with Gasteiger partial charge in [0.25, 0.3) is 0 Å². The molecule has 2 atom stereocenters. The second kappa shape index (κ2) is 10.9. The molecular weight excluding hydrogens is 429 g/mol. The SMILES string of the molecule is O=C(NCc1ccc(CN2CCOCC2)cc1)[C@@H]1CS[C@@H](Cc2ccccc2F)C(=O)N1. The molecule has 0 aromatic heterocycles. The molecule has 4 rings (SSSR count). The zero-order valence-electron chi connectivity index (χ0n) is 17.9. The molecule has 2 aliphatic heterocycles. The maximum Gasteiger partial charge on any atom is 0.243 e. The number of morpholine rings is 1. The summed E-state index contributed by atoms with van der Waals surface area (Å²) in [7, 11) is 0. The van der Waals surface area contributed by atoms with Crippen molar-refractivity contribution >= 4 is 23.6 Å². The van der Waals surface area contributed by atoms with Crippen molar-refractivity contribution in [3.8, 4) is 0 Å². The van der Waals surface area contributed by atoms with E-state index in [2.05, 4.69) is 27.7 Å². The first-order valence-corrected chi connectivity index (χ1v) is 11.9. The molecule has 2 saturated heterocycles. The van der Waals surface area contributed by atoms with Crippen LogP contribution < -0.4 is 10.6 Å². The van der Waals surface area contributed by atoms with Crippen LogP contribution in [-0.2, 0) is 33.8 Å². The number of nitrogens with one attached hydrogen (secondary N) is 2. The van der Waals surface area contributed by atoms with Crippen molar-refractivity contribution in [3.05, 3.63) is 71.0 Å². The van der Waals surface area contributed by atoms with Crippen LogP contribution in [0.5, 0.6) is 0 Å². The normalized spacial score (nSPS) is 21.7. The van der Waals surface area contributed by atoms with Gasteiger partial charge < -0.3 is 15.4 Å². The number of thioether (sulfide) groups is 1. The first-order chi connectivity index (χ1) is 15.6. The first kappa shape index (κ1) is 22.8. The average Bonchev–Trinajstić information content (AvgIpc) is 2.82. The topological polar surface area (TPSA) is 70.7 Å². The minimum atomic E-state index is -0.579. The quantitative estimate of drug-likeness (QED) is 0.667. The van der Waals surface area contributed by atoms with Crippen LogP contribution in [0.4, 0.5) is 4.39 Å². The summed E-state index contributed by atoms with van der Waals surface area (Å²) in [5, 5.41) is 5.30. The molecule has 2 heterocycles. The number of rotatable bonds is 7. The summed E-state index contributed by atoms with van der Waals surface area (Å²) in [6.07, 6.45) is 0.314. The van der Waals surface area contributed by atoms with Gasteiger partial charge in [0.15, 0.2) is 0 Å². The summed E-state index contributed by atoms with van der Waals surface area (Å²) in [4.78, 5) is 27.4. The fourth-order valence-corrected chi connectivity index (χ4v) is 5.02. The van der Waals surface area contributed by atoms with Gasteiger partial charge in [0, 0.05) is 31.9 Å². The van der Waals surface area contributed by atoms with Crippen molar-refractivity contribution in [3.63, 3.8) is 0 Å². The summed E-state index contributed by atoms with van der Waals surface area (Å²) >= 11 is 1.40. The molecule has 6 nitrogen and oxygen atoms in total. The van der Waals surface area contributed by atoms with Crippen molar-refractivity contribution in [1.29, 1.82) is 0 Å². The minimum Gasteiger partial charge on any atom is -0.379 e. The predicted molar refractivity (Wildman–Crippen MR) is 123 cm³/mol. The Bertz CT molecular complexity index is 934. The second-order valence-corrected chi connectivity index (χ2v) is 9.34. The van der Waals surface area contributed by atoms with Crippen LogP contribution in [0.2, 0.25) is 0 Å². The summed E-state index contributed by atoms with van der Waals surface area (Å²) in [5.41, 5.74) is 2.76. The van der Waals surface area contributed by atoms with Crippen molar-refractivity contribution in [2.45, 2.75) is 30.8 Å². The van der Waals surface area contributed by atoms with E-state index in [0.29, 0.717) is 24.3 Å². The lowest BCUT2D eigenvalue weighted by atomic mass is 10.1. The highest BCUT2D eigenvalue weighted by Gasteiger charge is 2.32. The number of carbonyl (C=O) groups is 2. The Hall–Kier alpha value is -2.42. The van der Waals surface area contributed by atoms with E-state index in [1.807, 2.05) is 12.1 Å². The Labute approximate surface area is 191 Å². The highest BCUT2D eigenvalue weighted by molar-refractivity contribution is 8.00. The Balaban J connectivity index is 1.22. The Morgan fingerprint density at radius 2 is 1.84 bits per heavy atom. The molecule has 0 saturated carbocycles. The number of nitrogens with zero attached hydrogens (tertiary/aromatic N) is 1. The molecule has 0 radical (unpaired) electrons. The Kier molecular flexibility index (Phi) is 7.78. The minimum absolute atomic E-state index is 0.201. The molecule has 170 valence electrons. The smallest absolute Gasteiger partial charge is 0.243 e. The van der Waals surface area contributed by atoms with Gasteiger partial charge in [0.2, 0.25) is 11.8 Å². The van der Waals surface area contributed by atoms with Crippen molar-refractivity contribution < 1.29 is 18.7 Å². The monoisotopic (exact) mass is 457 g/mol. The average molecular weight is 458 g/mol. The maximum absolute atomic E-state index is 13.9. The van der Waals surface area contributed by atoms with Crippen molar-refractivity contribution in [1.82, 2.24) is 15.5 Å². The lowest BCUT2D eigenvalue weighted by Crippen LogP contribution is -2.54. The van der Waals surface area contributed by atoms with Gasteiger partial charge in [-0.25, -0.2) is 4.39 Å². The third-order valence-corrected chi connectivity index (χ3v) is 7.06. The summed E-state index contributed by atoms with van der Waals surface area (Å²) < 4.78 is 19.2. The molecular formula is C24H28FN3O3S. The summed E-state index contributed by atoms with van der Waals surface area (Å²) in [6, 6.07) is 14.1. The Morgan fingerprint density at radius 1 is 1.12 bits per heavy atom. The van der Waals surface area contributed by atoms with Crippen LogP contribution in [0, 0.1) is 5.82 Å². The van der Waals surface area contributed by atoms with Gasteiger partial charge in [-0.2, -0.15) is 0 Å². The number of benzene rings is 2. The zero-order chi connectivity index (χ0) is 22.3. The lowest BCUT2D eigenvalue weighted by Gasteiger charge is -2.28. The van der Waals surface area contributed by atoms with Gasteiger partial charge in [-0.05, 0) is 29.2 Å².